The SMILES string of the molecule is CC1CN(Cc2cc(F)cc(Br)c2)C(C)CCN1. The van der Waals surface area contributed by atoms with E-state index in [2.05, 4.69) is 40.0 Å². The van der Waals surface area contributed by atoms with Gasteiger partial charge in [0, 0.05) is 29.6 Å². The molecule has 100 valence electrons. The van der Waals surface area contributed by atoms with Crippen molar-refractivity contribution in [2.75, 3.05) is 13.1 Å². The Morgan fingerprint density at radius 3 is 2.89 bits per heavy atom. The molecule has 1 heterocycles. The van der Waals surface area contributed by atoms with Crippen molar-refractivity contribution in [3.8, 4) is 0 Å². The molecule has 18 heavy (non-hydrogen) atoms. The summed E-state index contributed by atoms with van der Waals surface area (Å²) in [4.78, 5) is 2.42. The number of nitrogens with one attached hydrogen (secondary N) is 1. The molecule has 2 nitrogen and oxygen atoms in total. The van der Waals surface area contributed by atoms with Gasteiger partial charge in [-0.25, -0.2) is 4.39 Å². The topological polar surface area (TPSA) is 15.3 Å². The minimum Gasteiger partial charge on any atom is -0.313 e. The average Bonchev–Trinajstić information content (AvgIpc) is 2.40. The summed E-state index contributed by atoms with van der Waals surface area (Å²) in [5.74, 6) is -0.173. The molecule has 1 N–H and O–H groups in total. The van der Waals surface area contributed by atoms with Gasteiger partial charge in [0.25, 0.3) is 0 Å². The van der Waals surface area contributed by atoms with Gasteiger partial charge in [0.05, 0.1) is 0 Å². The number of hydrogen-bond donors (Lipinski definition) is 1. The molecule has 2 unspecified atom stereocenters. The Balaban J connectivity index is 2.10. The van der Waals surface area contributed by atoms with Crippen molar-refractivity contribution in [1.29, 1.82) is 0 Å². The fourth-order valence-corrected chi connectivity index (χ4v) is 2.99. The Kier molecular flexibility index (Phi) is 4.76. The largest absolute Gasteiger partial charge is 0.313 e. The predicted octanol–water partition coefficient (Wildman–Crippen LogP) is 3.16. The van der Waals surface area contributed by atoms with Crippen molar-refractivity contribution in [1.82, 2.24) is 10.2 Å². The zero-order valence-electron chi connectivity index (χ0n) is 10.9. The minimum atomic E-state index is -0.173. The zero-order valence-corrected chi connectivity index (χ0v) is 12.5. The maximum atomic E-state index is 13.4. The van der Waals surface area contributed by atoms with Crippen LogP contribution in [0.3, 0.4) is 0 Å². The molecular formula is C14H20BrFN2. The van der Waals surface area contributed by atoms with Crippen molar-refractivity contribution in [3.63, 3.8) is 0 Å². The molecule has 1 aromatic carbocycles. The Bertz CT molecular complexity index is 391. The molecule has 1 aliphatic rings. The van der Waals surface area contributed by atoms with E-state index in [1.807, 2.05) is 6.07 Å². The highest BCUT2D eigenvalue weighted by Crippen LogP contribution is 2.19. The highest BCUT2D eigenvalue weighted by atomic mass is 79.9. The Hall–Kier alpha value is -0.450. The van der Waals surface area contributed by atoms with Crippen LogP contribution in [-0.2, 0) is 6.54 Å². The molecule has 0 radical (unpaired) electrons. The quantitative estimate of drug-likeness (QED) is 0.902. The van der Waals surface area contributed by atoms with E-state index in [-0.39, 0.29) is 5.82 Å². The van der Waals surface area contributed by atoms with Crippen LogP contribution in [0.15, 0.2) is 22.7 Å². The highest BCUT2D eigenvalue weighted by molar-refractivity contribution is 9.10. The first-order valence-corrected chi connectivity index (χ1v) is 7.26. The molecule has 2 atom stereocenters. The minimum absolute atomic E-state index is 0.173. The van der Waals surface area contributed by atoms with Gasteiger partial charge in [-0.1, -0.05) is 15.9 Å². The summed E-state index contributed by atoms with van der Waals surface area (Å²) >= 11 is 3.35. The zero-order chi connectivity index (χ0) is 13.1. The van der Waals surface area contributed by atoms with Gasteiger partial charge < -0.3 is 5.32 Å². The fourth-order valence-electron chi connectivity index (χ4n) is 2.47. The van der Waals surface area contributed by atoms with Crippen molar-refractivity contribution < 1.29 is 4.39 Å². The van der Waals surface area contributed by atoms with E-state index in [9.17, 15) is 4.39 Å². The first-order valence-electron chi connectivity index (χ1n) is 6.47. The van der Waals surface area contributed by atoms with Crippen LogP contribution in [0.1, 0.15) is 25.8 Å². The summed E-state index contributed by atoms with van der Waals surface area (Å²) in [5.41, 5.74) is 1.03. The van der Waals surface area contributed by atoms with Crippen molar-refractivity contribution in [2.24, 2.45) is 0 Å². The predicted molar refractivity (Wildman–Crippen MR) is 76.1 cm³/mol. The lowest BCUT2D eigenvalue weighted by molar-refractivity contribution is 0.198. The monoisotopic (exact) mass is 314 g/mol. The summed E-state index contributed by atoms with van der Waals surface area (Å²) in [7, 11) is 0. The van der Waals surface area contributed by atoms with Crippen LogP contribution in [-0.4, -0.2) is 30.1 Å². The van der Waals surface area contributed by atoms with Gasteiger partial charge in [-0.15, -0.1) is 0 Å². The first-order chi connectivity index (χ1) is 8.54. The van der Waals surface area contributed by atoms with E-state index >= 15 is 0 Å². The third kappa shape index (κ3) is 3.77. The molecule has 0 aromatic heterocycles. The molecule has 0 aliphatic carbocycles. The summed E-state index contributed by atoms with van der Waals surface area (Å²) in [6.45, 7) is 7.32. The van der Waals surface area contributed by atoms with Gasteiger partial charge >= 0.3 is 0 Å². The summed E-state index contributed by atoms with van der Waals surface area (Å²) < 4.78 is 14.2. The van der Waals surface area contributed by atoms with Gasteiger partial charge in [0.15, 0.2) is 0 Å². The molecule has 1 fully saturated rings. The maximum Gasteiger partial charge on any atom is 0.124 e. The molecular weight excluding hydrogens is 295 g/mol. The molecule has 0 saturated carbocycles. The smallest absolute Gasteiger partial charge is 0.124 e. The van der Waals surface area contributed by atoms with E-state index in [0.717, 1.165) is 36.1 Å². The van der Waals surface area contributed by atoms with Crippen molar-refractivity contribution >= 4 is 15.9 Å². The Labute approximate surface area is 117 Å². The lowest BCUT2D eigenvalue weighted by Gasteiger charge is -2.28. The van der Waals surface area contributed by atoms with Crippen LogP contribution in [0, 0.1) is 5.82 Å². The van der Waals surface area contributed by atoms with Crippen molar-refractivity contribution in [2.45, 2.75) is 38.9 Å². The molecule has 4 heteroatoms. The van der Waals surface area contributed by atoms with Gasteiger partial charge in [-0.3, -0.25) is 4.90 Å². The number of nitrogens with zero attached hydrogens (tertiary/aromatic N) is 1. The molecule has 1 aliphatic heterocycles. The van der Waals surface area contributed by atoms with Gasteiger partial charge in [0.1, 0.15) is 5.82 Å². The molecule has 0 spiro atoms. The average molecular weight is 315 g/mol. The Morgan fingerprint density at radius 1 is 1.39 bits per heavy atom. The van der Waals surface area contributed by atoms with E-state index in [1.165, 1.54) is 6.07 Å². The van der Waals surface area contributed by atoms with Crippen LogP contribution in [0.4, 0.5) is 4.39 Å². The van der Waals surface area contributed by atoms with Crippen LogP contribution < -0.4 is 5.32 Å². The number of hydrogen-bond acceptors (Lipinski definition) is 2. The molecule has 2 rings (SSSR count). The fraction of sp³-hybridized carbons (Fsp3) is 0.571. The standard InChI is InChI=1S/C14H20BrFN2/c1-10-8-18(11(2)3-4-17-10)9-12-5-13(15)7-14(16)6-12/h5-7,10-11,17H,3-4,8-9H2,1-2H3. The van der Waals surface area contributed by atoms with E-state index in [4.69, 9.17) is 0 Å². The second kappa shape index (κ2) is 6.13. The normalized spacial score (nSPS) is 26.0. The van der Waals surface area contributed by atoms with Crippen LogP contribution in [0.2, 0.25) is 0 Å². The third-order valence-corrected chi connectivity index (χ3v) is 3.95. The summed E-state index contributed by atoms with van der Waals surface area (Å²) in [6.07, 6.45) is 1.14. The molecule has 0 bridgehead atoms. The second-order valence-corrected chi connectivity index (χ2v) is 6.12. The molecule has 0 amide bonds. The van der Waals surface area contributed by atoms with Gasteiger partial charge in [0.2, 0.25) is 0 Å². The highest BCUT2D eigenvalue weighted by Gasteiger charge is 2.20. The third-order valence-electron chi connectivity index (χ3n) is 3.49. The number of benzene rings is 1. The maximum absolute atomic E-state index is 13.4. The number of rotatable bonds is 2. The van der Waals surface area contributed by atoms with Crippen molar-refractivity contribution in [3.05, 3.63) is 34.1 Å². The van der Waals surface area contributed by atoms with Crippen LogP contribution in [0.5, 0.6) is 0 Å². The van der Waals surface area contributed by atoms with Gasteiger partial charge in [-0.05, 0) is 50.6 Å². The van der Waals surface area contributed by atoms with Crippen LogP contribution >= 0.6 is 15.9 Å². The lowest BCUT2D eigenvalue weighted by Crippen LogP contribution is -2.38. The number of halogens is 2. The lowest BCUT2D eigenvalue weighted by atomic mass is 10.1. The first kappa shape index (κ1) is 14.0. The second-order valence-electron chi connectivity index (χ2n) is 5.20. The summed E-state index contributed by atoms with van der Waals surface area (Å²) in [6, 6.07) is 6.15. The Morgan fingerprint density at radius 2 is 2.17 bits per heavy atom. The van der Waals surface area contributed by atoms with Gasteiger partial charge in [-0.2, -0.15) is 0 Å². The van der Waals surface area contributed by atoms with E-state index in [1.54, 1.807) is 6.07 Å². The summed E-state index contributed by atoms with van der Waals surface area (Å²) in [5, 5.41) is 3.49. The van der Waals surface area contributed by atoms with E-state index < -0.39 is 0 Å². The van der Waals surface area contributed by atoms with Crippen LogP contribution in [0.25, 0.3) is 0 Å². The molecule has 1 aromatic rings. The van der Waals surface area contributed by atoms with E-state index in [0.29, 0.717) is 12.1 Å². The molecule has 1 saturated heterocycles.